The smallest absolute Gasteiger partial charge is 0.227 e. The number of benzene rings is 1. The second kappa shape index (κ2) is 6.81. The number of halogens is 1. The van der Waals surface area contributed by atoms with Crippen molar-refractivity contribution in [1.82, 2.24) is 9.80 Å². The summed E-state index contributed by atoms with van der Waals surface area (Å²) in [6.07, 6.45) is -0.237. The van der Waals surface area contributed by atoms with Crippen molar-refractivity contribution in [2.75, 3.05) is 32.7 Å². The zero-order chi connectivity index (χ0) is 14.5. The third-order valence-electron chi connectivity index (χ3n) is 3.55. The van der Waals surface area contributed by atoms with E-state index in [1.807, 2.05) is 0 Å². The Kier molecular flexibility index (Phi) is 5.09. The first kappa shape index (κ1) is 14.9. The summed E-state index contributed by atoms with van der Waals surface area (Å²) in [6.45, 7) is 5.19. The molecule has 1 atom stereocenters. The van der Waals surface area contributed by atoms with Crippen molar-refractivity contribution in [2.45, 2.75) is 19.4 Å². The molecule has 1 aliphatic heterocycles. The topological polar surface area (TPSA) is 43.8 Å². The minimum atomic E-state index is -0.351. The molecular formula is C15H21FN2O2. The normalized spacial score (nSPS) is 18.1. The maximum absolute atomic E-state index is 13.5. The van der Waals surface area contributed by atoms with Gasteiger partial charge in [-0.15, -0.1) is 0 Å². The Morgan fingerprint density at radius 3 is 2.55 bits per heavy atom. The molecule has 2 rings (SSSR count). The van der Waals surface area contributed by atoms with Crippen molar-refractivity contribution in [1.29, 1.82) is 0 Å². The van der Waals surface area contributed by atoms with Crippen LogP contribution < -0.4 is 0 Å². The van der Waals surface area contributed by atoms with Gasteiger partial charge in [0.2, 0.25) is 5.91 Å². The standard InChI is InChI=1S/C15H21FN2O2/c1-12(19)11-17-6-8-18(9-7-17)15(20)10-13-4-2-3-5-14(13)16/h2-5,12,19H,6-11H2,1H3. The summed E-state index contributed by atoms with van der Waals surface area (Å²) in [6, 6.07) is 6.39. The van der Waals surface area contributed by atoms with Gasteiger partial charge in [-0.3, -0.25) is 9.69 Å². The van der Waals surface area contributed by atoms with Crippen LogP contribution in [0, 0.1) is 5.82 Å². The van der Waals surface area contributed by atoms with E-state index in [1.54, 1.807) is 30.0 Å². The van der Waals surface area contributed by atoms with Crippen LogP contribution in [0.1, 0.15) is 12.5 Å². The Bertz CT molecular complexity index is 457. The maximum Gasteiger partial charge on any atom is 0.227 e. The van der Waals surface area contributed by atoms with E-state index in [4.69, 9.17) is 0 Å². The van der Waals surface area contributed by atoms with Crippen LogP contribution in [0.25, 0.3) is 0 Å². The average Bonchev–Trinajstić information content (AvgIpc) is 2.41. The van der Waals surface area contributed by atoms with Crippen LogP contribution in [0.15, 0.2) is 24.3 Å². The van der Waals surface area contributed by atoms with E-state index in [2.05, 4.69) is 4.90 Å². The molecule has 1 saturated heterocycles. The lowest BCUT2D eigenvalue weighted by atomic mass is 10.1. The van der Waals surface area contributed by atoms with Gasteiger partial charge >= 0.3 is 0 Å². The van der Waals surface area contributed by atoms with E-state index in [0.717, 1.165) is 13.1 Å². The number of hydrogen-bond donors (Lipinski definition) is 1. The van der Waals surface area contributed by atoms with Crippen molar-refractivity contribution in [2.24, 2.45) is 0 Å². The molecule has 4 nitrogen and oxygen atoms in total. The summed E-state index contributed by atoms with van der Waals surface area (Å²) < 4.78 is 13.5. The number of carbonyl (C=O) groups excluding carboxylic acids is 1. The highest BCUT2D eigenvalue weighted by atomic mass is 19.1. The summed E-state index contributed by atoms with van der Waals surface area (Å²) >= 11 is 0. The molecule has 1 fully saturated rings. The van der Waals surface area contributed by atoms with Crippen molar-refractivity contribution in [3.63, 3.8) is 0 Å². The number of aliphatic hydroxyl groups is 1. The molecule has 1 heterocycles. The summed E-state index contributed by atoms with van der Waals surface area (Å²) in [7, 11) is 0. The molecule has 1 amide bonds. The Morgan fingerprint density at radius 1 is 1.30 bits per heavy atom. The van der Waals surface area contributed by atoms with Gasteiger partial charge in [0.15, 0.2) is 0 Å². The zero-order valence-electron chi connectivity index (χ0n) is 11.8. The van der Waals surface area contributed by atoms with Gasteiger partial charge in [-0.05, 0) is 18.6 Å². The lowest BCUT2D eigenvalue weighted by molar-refractivity contribution is -0.132. The van der Waals surface area contributed by atoms with Crippen LogP contribution in [0.5, 0.6) is 0 Å². The molecule has 1 aromatic carbocycles. The fourth-order valence-electron chi connectivity index (χ4n) is 2.47. The first-order valence-electron chi connectivity index (χ1n) is 6.98. The van der Waals surface area contributed by atoms with Gasteiger partial charge in [0.1, 0.15) is 5.82 Å². The summed E-state index contributed by atoms with van der Waals surface area (Å²) in [5.74, 6) is -0.361. The molecular weight excluding hydrogens is 259 g/mol. The predicted octanol–water partition coefficient (Wildman–Crippen LogP) is 0.893. The number of piperazine rings is 1. The van der Waals surface area contributed by atoms with E-state index >= 15 is 0 Å². The monoisotopic (exact) mass is 280 g/mol. The Hall–Kier alpha value is -1.46. The van der Waals surface area contributed by atoms with Crippen LogP contribution >= 0.6 is 0 Å². The molecule has 1 unspecified atom stereocenters. The number of nitrogens with zero attached hydrogens (tertiary/aromatic N) is 2. The third-order valence-corrected chi connectivity index (χ3v) is 3.55. The van der Waals surface area contributed by atoms with Crippen LogP contribution in [0.4, 0.5) is 4.39 Å². The minimum Gasteiger partial charge on any atom is -0.392 e. The molecule has 0 aromatic heterocycles. The van der Waals surface area contributed by atoms with E-state index < -0.39 is 0 Å². The zero-order valence-corrected chi connectivity index (χ0v) is 11.8. The van der Waals surface area contributed by atoms with E-state index in [9.17, 15) is 14.3 Å². The molecule has 5 heteroatoms. The van der Waals surface area contributed by atoms with Crippen molar-refractivity contribution < 1.29 is 14.3 Å². The summed E-state index contributed by atoms with van der Waals surface area (Å²) in [4.78, 5) is 16.0. The molecule has 0 aliphatic carbocycles. The van der Waals surface area contributed by atoms with Gasteiger partial charge < -0.3 is 10.0 Å². The summed E-state index contributed by atoms with van der Waals surface area (Å²) in [5.41, 5.74) is 0.448. The number of amides is 1. The van der Waals surface area contributed by atoms with Gasteiger partial charge in [-0.2, -0.15) is 0 Å². The van der Waals surface area contributed by atoms with Crippen LogP contribution in [0.2, 0.25) is 0 Å². The molecule has 0 bridgehead atoms. The van der Waals surface area contributed by atoms with Gasteiger partial charge in [0.05, 0.1) is 12.5 Å². The van der Waals surface area contributed by atoms with Crippen LogP contribution in [0.3, 0.4) is 0 Å². The van der Waals surface area contributed by atoms with Crippen molar-refractivity contribution in [3.8, 4) is 0 Å². The molecule has 0 spiro atoms. The lowest BCUT2D eigenvalue weighted by Crippen LogP contribution is -2.50. The van der Waals surface area contributed by atoms with E-state index in [0.29, 0.717) is 25.2 Å². The van der Waals surface area contributed by atoms with E-state index in [1.165, 1.54) is 6.07 Å². The second-order valence-corrected chi connectivity index (χ2v) is 5.30. The number of aliphatic hydroxyl groups excluding tert-OH is 1. The highest BCUT2D eigenvalue weighted by Gasteiger charge is 2.22. The van der Waals surface area contributed by atoms with Gasteiger partial charge in [-0.25, -0.2) is 4.39 Å². The first-order valence-corrected chi connectivity index (χ1v) is 6.98. The Balaban J connectivity index is 1.85. The van der Waals surface area contributed by atoms with E-state index in [-0.39, 0.29) is 24.2 Å². The van der Waals surface area contributed by atoms with Crippen LogP contribution in [-0.2, 0) is 11.2 Å². The Morgan fingerprint density at radius 2 is 1.95 bits per heavy atom. The first-order chi connectivity index (χ1) is 9.56. The lowest BCUT2D eigenvalue weighted by Gasteiger charge is -2.35. The van der Waals surface area contributed by atoms with Crippen LogP contribution in [-0.4, -0.2) is 59.6 Å². The highest BCUT2D eigenvalue weighted by Crippen LogP contribution is 2.10. The molecule has 1 N–H and O–H groups in total. The van der Waals surface area contributed by atoms with Crippen molar-refractivity contribution in [3.05, 3.63) is 35.6 Å². The number of β-amino-alcohol motifs (C(OH)–C–C–N with tert-alkyl or cyclic N) is 1. The fourth-order valence-corrected chi connectivity index (χ4v) is 2.47. The van der Waals surface area contributed by atoms with Gasteiger partial charge in [-0.1, -0.05) is 18.2 Å². The summed E-state index contributed by atoms with van der Waals surface area (Å²) in [5, 5.41) is 9.34. The van der Waals surface area contributed by atoms with Gasteiger partial charge in [0, 0.05) is 32.7 Å². The van der Waals surface area contributed by atoms with Crippen molar-refractivity contribution >= 4 is 5.91 Å². The van der Waals surface area contributed by atoms with Gasteiger partial charge in [0.25, 0.3) is 0 Å². The molecule has 1 aromatic rings. The molecule has 0 saturated carbocycles. The minimum absolute atomic E-state index is 0.0354. The predicted molar refractivity (Wildman–Crippen MR) is 74.8 cm³/mol. The molecule has 1 aliphatic rings. The maximum atomic E-state index is 13.5. The molecule has 0 radical (unpaired) electrons. The average molecular weight is 280 g/mol. The quantitative estimate of drug-likeness (QED) is 0.891. The number of carbonyl (C=O) groups is 1. The SMILES string of the molecule is CC(O)CN1CCN(C(=O)Cc2ccccc2F)CC1. The fraction of sp³-hybridized carbons (Fsp3) is 0.533. The number of hydrogen-bond acceptors (Lipinski definition) is 3. The molecule has 110 valence electrons. The largest absolute Gasteiger partial charge is 0.392 e. The molecule has 20 heavy (non-hydrogen) atoms. The Labute approximate surface area is 118 Å². The second-order valence-electron chi connectivity index (χ2n) is 5.30. The highest BCUT2D eigenvalue weighted by molar-refractivity contribution is 5.78. The number of rotatable bonds is 4. The third kappa shape index (κ3) is 4.02.